The average molecular weight is 220 g/mol. The molecule has 1 saturated heterocycles. The Morgan fingerprint density at radius 1 is 1.29 bits per heavy atom. The second-order valence-electron chi connectivity index (χ2n) is 4.03. The highest BCUT2D eigenvalue weighted by molar-refractivity contribution is 7.89. The molecular formula is C9H20N2O2S. The standard InChI is InChI=1S/C9H20N2O2S/c1-4-14(12,13)10-11-8(2)6-5-7-9(11)3/h8-10H,4-7H2,1-3H3. The summed E-state index contributed by atoms with van der Waals surface area (Å²) in [4.78, 5) is 2.65. The third-order valence-corrected chi connectivity index (χ3v) is 4.07. The van der Waals surface area contributed by atoms with Gasteiger partial charge in [-0.15, -0.1) is 4.83 Å². The summed E-state index contributed by atoms with van der Waals surface area (Å²) in [6, 6.07) is 0.611. The molecule has 0 amide bonds. The third kappa shape index (κ3) is 2.93. The van der Waals surface area contributed by atoms with E-state index >= 15 is 0 Å². The molecule has 0 aromatic carbocycles. The lowest BCUT2D eigenvalue weighted by molar-refractivity contribution is 0.0791. The molecule has 0 saturated carbocycles. The van der Waals surface area contributed by atoms with Gasteiger partial charge in [0.1, 0.15) is 0 Å². The van der Waals surface area contributed by atoms with Gasteiger partial charge in [-0.2, -0.15) is 0 Å². The van der Waals surface area contributed by atoms with Gasteiger partial charge in [0, 0.05) is 12.1 Å². The van der Waals surface area contributed by atoms with Crippen LogP contribution < -0.4 is 4.83 Å². The second-order valence-corrected chi connectivity index (χ2v) is 6.02. The van der Waals surface area contributed by atoms with Crippen molar-refractivity contribution in [1.82, 2.24) is 9.84 Å². The van der Waals surface area contributed by atoms with Crippen LogP contribution in [0.5, 0.6) is 0 Å². The van der Waals surface area contributed by atoms with E-state index in [1.54, 1.807) is 6.92 Å². The van der Waals surface area contributed by atoms with Crippen LogP contribution in [0.1, 0.15) is 40.0 Å². The van der Waals surface area contributed by atoms with Crippen molar-refractivity contribution < 1.29 is 8.42 Å². The van der Waals surface area contributed by atoms with Crippen LogP contribution in [0.3, 0.4) is 0 Å². The molecule has 84 valence electrons. The van der Waals surface area contributed by atoms with Gasteiger partial charge >= 0.3 is 0 Å². The van der Waals surface area contributed by atoms with E-state index in [2.05, 4.69) is 18.7 Å². The van der Waals surface area contributed by atoms with Crippen molar-refractivity contribution in [2.45, 2.75) is 52.1 Å². The Kier molecular flexibility index (Phi) is 3.92. The molecule has 0 radical (unpaired) electrons. The monoisotopic (exact) mass is 220 g/mol. The first-order valence-corrected chi connectivity index (χ1v) is 6.90. The van der Waals surface area contributed by atoms with Gasteiger partial charge in [0.05, 0.1) is 5.75 Å². The number of nitrogens with one attached hydrogen (secondary N) is 1. The van der Waals surface area contributed by atoms with Crippen LogP contribution in [0.15, 0.2) is 0 Å². The first-order valence-electron chi connectivity index (χ1n) is 5.24. The van der Waals surface area contributed by atoms with Crippen LogP contribution in [-0.2, 0) is 10.0 Å². The number of nitrogens with zero attached hydrogens (tertiary/aromatic N) is 1. The summed E-state index contributed by atoms with van der Waals surface area (Å²) in [7, 11) is -3.11. The zero-order valence-corrected chi connectivity index (χ0v) is 9.97. The molecule has 0 aliphatic carbocycles. The van der Waals surface area contributed by atoms with Crippen LogP contribution in [0, 0.1) is 0 Å². The first kappa shape index (κ1) is 11.9. The van der Waals surface area contributed by atoms with Crippen molar-refractivity contribution in [3.63, 3.8) is 0 Å². The van der Waals surface area contributed by atoms with E-state index in [0.29, 0.717) is 12.1 Å². The zero-order chi connectivity index (χ0) is 10.8. The minimum absolute atomic E-state index is 0.142. The van der Waals surface area contributed by atoms with E-state index < -0.39 is 10.0 Å². The molecule has 1 aliphatic heterocycles. The number of sulfonamides is 1. The molecule has 0 aromatic heterocycles. The molecule has 1 aliphatic rings. The Morgan fingerprint density at radius 2 is 1.79 bits per heavy atom. The summed E-state index contributed by atoms with van der Waals surface area (Å²) in [6.07, 6.45) is 3.32. The molecular weight excluding hydrogens is 200 g/mol. The predicted octanol–water partition coefficient (Wildman–Crippen LogP) is 1.10. The predicted molar refractivity (Wildman–Crippen MR) is 57.2 cm³/mol. The highest BCUT2D eigenvalue weighted by atomic mass is 32.2. The quantitative estimate of drug-likeness (QED) is 0.775. The summed E-state index contributed by atoms with van der Waals surface area (Å²) in [5, 5.41) is 1.88. The number of rotatable bonds is 3. The Labute approximate surface area is 86.7 Å². The van der Waals surface area contributed by atoms with Gasteiger partial charge in [0.2, 0.25) is 10.0 Å². The summed E-state index contributed by atoms with van der Waals surface area (Å²) < 4.78 is 22.8. The fraction of sp³-hybridized carbons (Fsp3) is 1.00. The summed E-state index contributed by atoms with van der Waals surface area (Å²) >= 11 is 0. The second kappa shape index (κ2) is 4.59. The molecule has 0 spiro atoms. The molecule has 0 bridgehead atoms. The fourth-order valence-corrected chi connectivity index (χ4v) is 2.64. The van der Waals surface area contributed by atoms with Crippen molar-refractivity contribution in [2.75, 3.05) is 5.75 Å². The van der Waals surface area contributed by atoms with Gasteiger partial charge in [-0.05, 0) is 33.6 Å². The van der Waals surface area contributed by atoms with Crippen molar-refractivity contribution in [3.8, 4) is 0 Å². The van der Waals surface area contributed by atoms with Crippen LogP contribution in [0.2, 0.25) is 0 Å². The first-order chi connectivity index (χ1) is 6.46. The van der Waals surface area contributed by atoms with E-state index in [-0.39, 0.29) is 5.75 Å². The molecule has 1 fully saturated rings. The van der Waals surface area contributed by atoms with Crippen LogP contribution in [-0.4, -0.2) is 31.3 Å². The molecule has 2 unspecified atom stereocenters. The van der Waals surface area contributed by atoms with Crippen molar-refractivity contribution >= 4 is 10.0 Å². The normalized spacial score (nSPS) is 30.5. The average Bonchev–Trinajstić information content (AvgIpc) is 2.12. The number of piperidine rings is 1. The zero-order valence-electron chi connectivity index (χ0n) is 9.16. The Morgan fingerprint density at radius 3 is 2.21 bits per heavy atom. The smallest absolute Gasteiger partial charge is 0.224 e. The van der Waals surface area contributed by atoms with Crippen LogP contribution >= 0.6 is 0 Å². The van der Waals surface area contributed by atoms with Crippen LogP contribution in [0.4, 0.5) is 0 Å². The maximum atomic E-state index is 11.4. The molecule has 14 heavy (non-hydrogen) atoms. The summed E-state index contributed by atoms with van der Waals surface area (Å²) in [5.74, 6) is 0.142. The summed E-state index contributed by atoms with van der Waals surface area (Å²) in [5.41, 5.74) is 0. The van der Waals surface area contributed by atoms with Crippen LogP contribution in [0.25, 0.3) is 0 Å². The van der Waals surface area contributed by atoms with Gasteiger partial charge in [-0.25, -0.2) is 13.4 Å². The highest BCUT2D eigenvalue weighted by Gasteiger charge is 2.27. The van der Waals surface area contributed by atoms with E-state index in [1.165, 1.54) is 6.42 Å². The van der Waals surface area contributed by atoms with E-state index in [9.17, 15) is 8.42 Å². The van der Waals surface area contributed by atoms with Gasteiger partial charge in [0.15, 0.2) is 0 Å². The van der Waals surface area contributed by atoms with Crippen molar-refractivity contribution in [1.29, 1.82) is 0 Å². The minimum atomic E-state index is -3.11. The van der Waals surface area contributed by atoms with Gasteiger partial charge in [-0.1, -0.05) is 6.42 Å². The highest BCUT2D eigenvalue weighted by Crippen LogP contribution is 2.20. The molecule has 5 heteroatoms. The molecule has 1 rings (SSSR count). The maximum Gasteiger partial charge on any atom is 0.224 e. The Balaban J connectivity index is 2.65. The SMILES string of the molecule is CCS(=O)(=O)NN1C(C)CCCC1C. The number of hydrazine groups is 1. The van der Waals surface area contributed by atoms with Gasteiger partial charge < -0.3 is 0 Å². The van der Waals surface area contributed by atoms with Gasteiger partial charge in [0.25, 0.3) is 0 Å². The van der Waals surface area contributed by atoms with Crippen molar-refractivity contribution in [3.05, 3.63) is 0 Å². The number of hydrogen-bond acceptors (Lipinski definition) is 3. The molecule has 4 nitrogen and oxygen atoms in total. The van der Waals surface area contributed by atoms with E-state index in [4.69, 9.17) is 0 Å². The molecule has 1 heterocycles. The minimum Gasteiger partial charge on any atom is -0.225 e. The van der Waals surface area contributed by atoms with E-state index in [0.717, 1.165) is 12.8 Å². The Bertz CT molecular complexity index is 267. The molecule has 0 aromatic rings. The third-order valence-electron chi connectivity index (χ3n) is 2.82. The summed E-state index contributed by atoms with van der Waals surface area (Å²) in [6.45, 7) is 5.78. The lowest BCUT2D eigenvalue weighted by Crippen LogP contribution is -2.54. The molecule has 2 atom stereocenters. The fourth-order valence-electron chi connectivity index (χ4n) is 1.83. The molecule has 1 N–H and O–H groups in total. The van der Waals surface area contributed by atoms with Crippen molar-refractivity contribution in [2.24, 2.45) is 0 Å². The largest absolute Gasteiger partial charge is 0.225 e. The van der Waals surface area contributed by atoms with E-state index in [1.807, 2.05) is 5.01 Å². The lowest BCUT2D eigenvalue weighted by Gasteiger charge is -2.38. The lowest BCUT2D eigenvalue weighted by atomic mass is 10.0. The maximum absolute atomic E-state index is 11.4. The topological polar surface area (TPSA) is 49.4 Å². The Hall–Kier alpha value is -0.130. The van der Waals surface area contributed by atoms with Gasteiger partial charge in [-0.3, -0.25) is 0 Å². The number of hydrogen-bond donors (Lipinski definition) is 1.